The maximum absolute atomic E-state index is 13.5. The van der Waals surface area contributed by atoms with Gasteiger partial charge in [0.05, 0.1) is 27.3 Å². The van der Waals surface area contributed by atoms with Gasteiger partial charge in [0.1, 0.15) is 5.75 Å². The van der Waals surface area contributed by atoms with E-state index in [1.807, 2.05) is 6.92 Å². The fourth-order valence-corrected chi connectivity index (χ4v) is 5.10. The second kappa shape index (κ2) is 9.21. The number of rotatable bonds is 7. The van der Waals surface area contributed by atoms with Gasteiger partial charge in [-0.1, -0.05) is 47.0 Å². The Labute approximate surface area is 186 Å². The lowest BCUT2D eigenvalue weighted by atomic mass is 10.0. The molecule has 156 valence electrons. The molecule has 4 nitrogen and oxygen atoms in total. The highest BCUT2D eigenvalue weighted by molar-refractivity contribution is 7.91. The quantitative estimate of drug-likeness (QED) is 0.398. The third-order valence-electron chi connectivity index (χ3n) is 4.82. The maximum Gasteiger partial charge on any atom is 0.185 e. The van der Waals surface area contributed by atoms with Gasteiger partial charge in [-0.05, 0) is 61.0 Å². The van der Waals surface area contributed by atoms with Gasteiger partial charge in [0, 0.05) is 12.0 Å². The fourth-order valence-electron chi connectivity index (χ4n) is 3.07. The number of aryl methyl sites for hydroxylation is 1. The molecule has 3 aromatic rings. The lowest BCUT2D eigenvalue weighted by molar-refractivity contribution is 0.0980. The van der Waals surface area contributed by atoms with Gasteiger partial charge in [0.2, 0.25) is 0 Å². The van der Waals surface area contributed by atoms with E-state index in [9.17, 15) is 13.2 Å². The molecule has 0 unspecified atom stereocenters. The highest BCUT2D eigenvalue weighted by atomic mass is 35.5. The summed E-state index contributed by atoms with van der Waals surface area (Å²) >= 11 is 12.1. The van der Waals surface area contributed by atoms with Crippen LogP contribution in [0.2, 0.25) is 10.0 Å². The Hall–Kier alpha value is -2.34. The number of benzene rings is 3. The summed E-state index contributed by atoms with van der Waals surface area (Å²) in [6.07, 6.45) is -0.236. The first-order valence-corrected chi connectivity index (χ1v) is 11.5. The lowest BCUT2D eigenvalue weighted by Gasteiger charge is -2.19. The largest absolute Gasteiger partial charge is 0.497 e. The second-order valence-electron chi connectivity index (χ2n) is 6.88. The van der Waals surface area contributed by atoms with Crippen LogP contribution in [0.4, 0.5) is 0 Å². The highest BCUT2D eigenvalue weighted by Gasteiger charge is 2.32. The Morgan fingerprint density at radius 1 is 0.933 bits per heavy atom. The minimum atomic E-state index is -3.86. The van der Waals surface area contributed by atoms with Crippen molar-refractivity contribution in [2.75, 3.05) is 7.11 Å². The Balaban J connectivity index is 2.03. The van der Waals surface area contributed by atoms with Crippen LogP contribution >= 0.6 is 23.2 Å². The summed E-state index contributed by atoms with van der Waals surface area (Å²) in [5, 5.41) is -0.562. The van der Waals surface area contributed by atoms with Crippen LogP contribution in [-0.2, 0) is 9.84 Å². The number of hydrogen-bond donors (Lipinski definition) is 0. The number of ether oxygens (including phenoxy) is 1. The van der Waals surface area contributed by atoms with Gasteiger partial charge < -0.3 is 4.74 Å². The highest BCUT2D eigenvalue weighted by Crippen LogP contribution is 2.36. The number of methoxy groups -OCH3 is 1. The predicted molar refractivity (Wildman–Crippen MR) is 120 cm³/mol. The summed E-state index contributed by atoms with van der Waals surface area (Å²) < 4.78 is 32.0. The Morgan fingerprint density at radius 3 is 2.13 bits per heavy atom. The third kappa shape index (κ3) is 4.86. The Morgan fingerprint density at radius 2 is 1.57 bits per heavy atom. The van der Waals surface area contributed by atoms with Crippen LogP contribution < -0.4 is 4.74 Å². The summed E-state index contributed by atoms with van der Waals surface area (Å²) in [7, 11) is -2.33. The van der Waals surface area contributed by atoms with Crippen molar-refractivity contribution in [1.29, 1.82) is 0 Å². The number of ketones is 1. The van der Waals surface area contributed by atoms with E-state index in [1.165, 1.54) is 19.2 Å². The van der Waals surface area contributed by atoms with Crippen LogP contribution in [0.25, 0.3) is 0 Å². The van der Waals surface area contributed by atoms with Crippen molar-refractivity contribution in [2.24, 2.45) is 0 Å². The number of carbonyl (C=O) groups excluding carboxylic acids is 1. The molecule has 0 heterocycles. The first-order chi connectivity index (χ1) is 14.2. The molecule has 0 saturated carbocycles. The van der Waals surface area contributed by atoms with E-state index in [0.717, 1.165) is 5.56 Å². The molecule has 0 N–H and O–H groups in total. The van der Waals surface area contributed by atoms with Gasteiger partial charge in [0.15, 0.2) is 15.6 Å². The summed E-state index contributed by atoms with van der Waals surface area (Å²) in [5.74, 6) is 0.310. The molecule has 7 heteroatoms. The Bertz CT molecular complexity index is 1150. The summed E-state index contributed by atoms with van der Waals surface area (Å²) in [6, 6.07) is 17.7. The van der Waals surface area contributed by atoms with Crippen LogP contribution in [0.5, 0.6) is 5.75 Å². The minimum absolute atomic E-state index is 0.145. The smallest absolute Gasteiger partial charge is 0.185 e. The van der Waals surface area contributed by atoms with Crippen molar-refractivity contribution in [1.82, 2.24) is 0 Å². The second-order valence-corrected chi connectivity index (χ2v) is 9.82. The fraction of sp³-hybridized carbons (Fsp3) is 0.174. The zero-order valence-electron chi connectivity index (χ0n) is 16.4. The molecule has 0 aliphatic rings. The van der Waals surface area contributed by atoms with Crippen molar-refractivity contribution < 1.29 is 17.9 Å². The van der Waals surface area contributed by atoms with Crippen LogP contribution in [0.1, 0.15) is 33.2 Å². The predicted octanol–water partition coefficient (Wildman–Crippen LogP) is 6.10. The van der Waals surface area contributed by atoms with Gasteiger partial charge in [-0.3, -0.25) is 4.79 Å². The average molecular weight is 463 g/mol. The maximum atomic E-state index is 13.5. The molecule has 0 aliphatic heterocycles. The molecule has 0 aromatic heterocycles. The summed E-state index contributed by atoms with van der Waals surface area (Å²) in [4.78, 5) is 13.1. The van der Waals surface area contributed by atoms with Gasteiger partial charge in [-0.15, -0.1) is 0 Å². The Kier molecular flexibility index (Phi) is 6.86. The van der Waals surface area contributed by atoms with Crippen LogP contribution in [0.3, 0.4) is 0 Å². The molecule has 0 amide bonds. The van der Waals surface area contributed by atoms with Crippen molar-refractivity contribution in [3.8, 4) is 5.75 Å². The van der Waals surface area contributed by atoms with Crippen molar-refractivity contribution in [3.63, 3.8) is 0 Å². The molecule has 0 aliphatic carbocycles. The van der Waals surface area contributed by atoms with E-state index in [1.54, 1.807) is 54.6 Å². The van der Waals surface area contributed by atoms with Crippen LogP contribution in [0.15, 0.2) is 71.6 Å². The molecule has 30 heavy (non-hydrogen) atoms. The van der Waals surface area contributed by atoms with Gasteiger partial charge in [0.25, 0.3) is 0 Å². The molecule has 0 fully saturated rings. The zero-order valence-corrected chi connectivity index (χ0v) is 18.8. The number of hydrogen-bond acceptors (Lipinski definition) is 4. The first kappa shape index (κ1) is 22.3. The molecule has 0 saturated heterocycles. The topological polar surface area (TPSA) is 60.4 Å². The number of halogens is 2. The van der Waals surface area contributed by atoms with Crippen molar-refractivity contribution in [3.05, 3.63) is 93.5 Å². The first-order valence-electron chi connectivity index (χ1n) is 9.15. The molecular formula is C23H20Cl2O4S. The van der Waals surface area contributed by atoms with E-state index < -0.39 is 15.1 Å². The van der Waals surface area contributed by atoms with E-state index in [0.29, 0.717) is 21.9 Å². The van der Waals surface area contributed by atoms with E-state index in [2.05, 4.69) is 0 Å². The third-order valence-corrected chi connectivity index (χ3v) is 7.68. The van der Waals surface area contributed by atoms with Gasteiger partial charge in [-0.25, -0.2) is 8.42 Å². The molecule has 1 atom stereocenters. The molecule has 3 aromatic carbocycles. The monoisotopic (exact) mass is 462 g/mol. The number of Topliss-reactive ketones (excluding diaryl/α,β-unsaturated/α-hetero) is 1. The molecule has 0 radical (unpaired) electrons. The van der Waals surface area contributed by atoms with Crippen molar-refractivity contribution in [2.45, 2.75) is 23.5 Å². The van der Waals surface area contributed by atoms with E-state index in [-0.39, 0.29) is 22.1 Å². The van der Waals surface area contributed by atoms with Gasteiger partial charge >= 0.3 is 0 Å². The normalized spacial score (nSPS) is 12.4. The van der Waals surface area contributed by atoms with Crippen LogP contribution in [0, 0.1) is 6.92 Å². The molecule has 0 spiro atoms. The number of sulfone groups is 1. The van der Waals surface area contributed by atoms with Crippen molar-refractivity contribution >= 4 is 38.8 Å². The zero-order chi connectivity index (χ0) is 21.9. The van der Waals surface area contributed by atoms with E-state index in [4.69, 9.17) is 27.9 Å². The van der Waals surface area contributed by atoms with Gasteiger partial charge in [-0.2, -0.15) is 0 Å². The molecule has 3 rings (SSSR count). The SMILES string of the molecule is COc1ccc(C(=O)C[C@@H](c2ccc(Cl)c(Cl)c2)S(=O)(=O)c2ccc(C)cc2)cc1. The van der Waals surface area contributed by atoms with E-state index >= 15 is 0 Å². The average Bonchev–Trinajstić information content (AvgIpc) is 2.74. The van der Waals surface area contributed by atoms with Crippen LogP contribution in [-0.4, -0.2) is 21.3 Å². The molecule has 0 bridgehead atoms. The summed E-state index contributed by atoms with van der Waals surface area (Å²) in [5.41, 5.74) is 1.75. The summed E-state index contributed by atoms with van der Waals surface area (Å²) in [6.45, 7) is 1.88. The number of carbonyl (C=O) groups is 1. The minimum Gasteiger partial charge on any atom is -0.497 e. The standard InChI is InChI=1S/C23H20Cl2O4S/c1-15-3-10-19(11-4-15)30(27,28)23(17-7-12-20(24)21(25)13-17)14-22(26)16-5-8-18(29-2)9-6-16/h3-13,23H,14H2,1-2H3/t23-/m0/s1. The lowest BCUT2D eigenvalue weighted by Crippen LogP contribution is -2.18. The molecular weight excluding hydrogens is 443 g/mol.